The van der Waals surface area contributed by atoms with Crippen molar-refractivity contribution in [1.29, 1.82) is 0 Å². The second-order valence-electron chi connectivity index (χ2n) is 14.3. The predicted octanol–water partition coefficient (Wildman–Crippen LogP) is 8.38. The van der Waals surface area contributed by atoms with Crippen LogP contribution in [-0.2, 0) is 19.0 Å². The highest BCUT2D eigenvalue weighted by molar-refractivity contribution is 6.33. The molecule has 0 saturated carbocycles. The fraction of sp³-hybridized carbons (Fsp3) is 0.500. The van der Waals surface area contributed by atoms with E-state index in [9.17, 15) is 4.79 Å². The van der Waals surface area contributed by atoms with Gasteiger partial charge in [-0.25, -0.2) is 9.78 Å². The fourth-order valence-electron chi connectivity index (χ4n) is 6.73. The van der Waals surface area contributed by atoms with Crippen LogP contribution >= 0.6 is 11.6 Å². The van der Waals surface area contributed by atoms with Crippen LogP contribution in [-0.4, -0.2) is 64.7 Å². The molecule has 2 unspecified atom stereocenters. The van der Waals surface area contributed by atoms with Crippen LogP contribution in [0.1, 0.15) is 84.1 Å². The third-order valence-corrected chi connectivity index (χ3v) is 9.59. The van der Waals surface area contributed by atoms with Gasteiger partial charge in [-0.3, -0.25) is 0 Å². The molecule has 2 aromatic carbocycles. The van der Waals surface area contributed by atoms with Gasteiger partial charge in [-0.2, -0.15) is 9.61 Å². The first-order valence-corrected chi connectivity index (χ1v) is 17.3. The number of benzene rings is 2. The van der Waals surface area contributed by atoms with E-state index in [1.807, 2.05) is 74.7 Å². The molecule has 0 N–H and O–H groups in total. The van der Waals surface area contributed by atoms with Crippen LogP contribution in [0.5, 0.6) is 5.75 Å². The van der Waals surface area contributed by atoms with E-state index < -0.39 is 17.7 Å². The van der Waals surface area contributed by atoms with Crippen molar-refractivity contribution in [1.82, 2.24) is 14.6 Å². The van der Waals surface area contributed by atoms with Crippen LogP contribution in [0.3, 0.4) is 0 Å². The molecule has 10 heteroatoms. The molecule has 3 aliphatic rings. The first kappa shape index (κ1) is 34.2. The Morgan fingerprint density at radius 1 is 1.08 bits per heavy atom. The van der Waals surface area contributed by atoms with Crippen molar-refractivity contribution in [3.8, 4) is 28.1 Å². The minimum atomic E-state index is -0.992. The van der Waals surface area contributed by atoms with Gasteiger partial charge in [0.05, 0.1) is 40.7 Å². The number of methoxy groups -OCH3 is 1. The molecule has 4 aromatic rings. The van der Waals surface area contributed by atoms with Crippen LogP contribution in [0.2, 0.25) is 5.02 Å². The number of carbonyl (C=O) groups excluding carboxylic acids is 1. The Hall–Kier alpha value is -3.66. The topological polar surface area (TPSA) is 87.4 Å². The number of rotatable bonds is 3. The standard InChI is InChI=1S/C38H47ClN4O5/c1-24-12-8-9-21-46-38(6)17-19-42(20-18-38)35-32(34(36(44)45-7)48-37(3,4)5)25(2)40-31-23-29(41-43(31)35)26-13-10-14-27(22-26)33-28(39)15-11-16-30(33)47-24/h10-11,13-16,22-24,34H,8-9,12,17-21H2,1-7H3. The minimum Gasteiger partial charge on any atom is -0.490 e. The summed E-state index contributed by atoms with van der Waals surface area (Å²) in [7, 11) is 1.39. The van der Waals surface area contributed by atoms with Gasteiger partial charge in [-0.05, 0) is 97.4 Å². The summed E-state index contributed by atoms with van der Waals surface area (Å²) in [6.45, 7) is 14.2. The Kier molecular flexibility index (Phi) is 9.76. The maximum atomic E-state index is 13.4. The number of hydrogen-bond donors (Lipinski definition) is 0. The van der Waals surface area contributed by atoms with Gasteiger partial charge in [0.2, 0.25) is 0 Å². The molecule has 0 radical (unpaired) electrons. The van der Waals surface area contributed by atoms with Gasteiger partial charge in [0.1, 0.15) is 11.6 Å². The lowest BCUT2D eigenvalue weighted by molar-refractivity contribution is -0.164. The molecule has 5 heterocycles. The zero-order valence-corrected chi connectivity index (χ0v) is 29.9. The second-order valence-corrected chi connectivity index (χ2v) is 14.7. The van der Waals surface area contributed by atoms with Gasteiger partial charge in [0, 0.05) is 42.6 Å². The van der Waals surface area contributed by atoms with Gasteiger partial charge >= 0.3 is 5.97 Å². The quantitative estimate of drug-likeness (QED) is 0.200. The minimum absolute atomic E-state index is 0.0197. The summed E-state index contributed by atoms with van der Waals surface area (Å²) < 4.78 is 26.6. The van der Waals surface area contributed by atoms with Gasteiger partial charge < -0.3 is 23.8 Å². The van der Waals surface area contributed by atoms with E-state index in [0.717, 1.165) is 79.1 Å². The zero-order chi connectivity index (χ0) is 34.2. The maximum absolute atomic E-state index is 13.4. The van der Waals surface area contributed by atoms with Crippen molar-refractivity contribution in [2.24, 2.45) is 0 Å². The summed E-state index contributed by atoms with van der Waals surface area (Å²) in [5.74, 6) is 1.06. The largest absolute Gasteiger partial charge is 0.490 e. The molecule has 3 aliphatic heterocycles. The summed E-state index contributed by atoms with van der Waals surface area (Å²) in [4.78, 5) is 20.7. The molecule has 0 aliphatic carbocycles. The van der Waals surface area contributed by atoms with Crippen molar-refractivity contribution < 1.29 is 23.7 Å². The van der Waals surface area contributed by atoms with Crippen LogP contribution in [0.15, 0.2) is 48.5 Å². The lowest BCUT2D eigenvalue weighted by atomic mass is 9.92. The molecule has 0 spiro atoms. The Bertz CT molecular complexity index is 1790. The normalized spacial score (nSPS) is 21.1. The van der Waals surface area contributed by atoms with Gasteiger partial charge in [-0.1, -0.05) is 35.9 Å². The molecule has 7 rings (SSSR count). The van der Waals surface area contributed by atoms with E-state index in [-0.39, 0.29) is 11.7 Å². The van der Waals surface area contributed by atoms with E-state index in [1.165, 1.54) is 7.11 Å². The summed E-state index contributed by atoms with van der Waals surface area (Å²) in [5, 5.41) is 5.78. The number of esters is 1. The first-order chi connectivity index (χ1) is 22.9. The average molecular weight is 675 g/mol. The van der Waals surface area contributed by atoms with Crippen molar-refractivity contribution in [2.75, 3.05) is 31.7 Å². The maximum Gasteiger partial charge on any atom is 0.339 e. The van der Waals surface area contributed by atoms with E-state index >= 15 is 0 Å². The molecule has 1 saturated heterocycles. The molecule has 0 amide bonds. The van der Waals surface area contributed by atoms with Crippen LogP contribution in [0, 0.1) is 6.92 Å². The van der Waals surface area contributed by atoms with Crippen molar-refractivity contribution >= 4 is 29.0 Å². The lowest BCUT2D eigenvalue weighted by Gasteiger charge is -2.41. The smallest absolute Gasteiger partial charge is 0.339 e. The summed E-state index contributed by atoms with van der Waals surface area (Å²) in [6, 6.07) is 16.0. The van der Waals surface area contributed by atoms with Crippen molar-refractivity contribution in [3.05, 3.63) is 64.8 Å². The number of aryl methyl sites for hydroxylation is 1. The molecular weight excluding hydrogens is 628 g/mol. The molecule has 9 nitrogen and oxygen atoms in total. The monoisotopic (exact) mass is 674 g/mol. The number of aromatic nitrogens is 3. The second kappa shape index (κ2) is 13.7. The van der Waals surface area contributed by atoms with Crippen molar-refractivity contribution in [2.45, 2.75) is 97.1 Å². The Morgan fingerprint density at radius 3 is 2.54 bits per heavy atom. The Morgan fingerprint density at radius 2 is 1.81 bits per heavy atom. The zero-order valence-electron chi connectivity index (χ0n) is 29.1. The average Bonchev–Trinajstić information content (AvgIpc) is 3.46. The van der Waals surface area contributed by atoms with Crippen LogP contribution in [0.25, 0.3) is 28.0 Å². The van der Waals surface area contributed by atoms with Crippen molar-refractivity contribution in [3.63, 3.8) is 0 Å². The van der Waals surface area contributed by atoms with Gasteiger partial charge in [0.15, 0.2) is 11.8 Å². The number of piperidine rings is 1. The highest BCUT2D eigenvalue weighted by Gasteiger charge is 2.38. The first-order valence-electron chi connectivity index (χ1n) is 17.0. The van der Waals surface area contributed by atoms with Crippen LogP contribution < -0.4 is 9.64 Å². The number of fused-ring (bicyclic) bond motifs is 8. The van der Waals surface area contributed by atoms with Gasteiger partial charge in [-0.15, -0.1) is 0 Å². The SMILES string of the molecule is COC(=O)C(OC(C)(C)C)c1c(C)nc2cc3nn2c1N1CCC(C)(CC1)OCCCCC(C)Oc1cccc(Cl)c1-c1cccc-3c1. The Labute approximate surface area is 288 Å². The van der Waals surface area contributed by atoms with Gasteiger partial charge in [0.25, 0.3) is 0 Å². The number of nitrogens with zero attached hydrogens (tertiary/aromatic N) is 4. The summed E-state index contributed by atoms with van der Waals surface area (Å²) in [5.41, 5.74) is 4.59. The van der Waals surface area contributed by atoms with E-state index in [1.54, 1.807) is 0 Å². The predicted molar refractivity (Wildman–Crippen MR) is 189 cm³/mol. The molecule has 6 bridgehead atoms. The highest BCUT2D eigenvalue weighted by atomic mass is 35.5. The number of anilines is 1. The molecule has 48 heavy (non-hydrogen) atoms. The number of halogens is 1. The number of carbonyl (C=O) groups is 1. The molecule has 2 atom stereocenters. The van der Waals surface area contributed by atoms with E-state index in [4.69, 9.17) is 40.6 Å². The summed E-state index contributed by atoms with van der Waals surface area (Å²) >= 11 is 6.83. The summed E-state index contributed by atoms with van der Waals surface area (Å²) in [6.07, 6.45) is 3.54. The molecule has 256 valence electrons. The van der Waals surface area contributed by atoms with E-state index in [2.05, 4.69) is 24.8 Å². The lowest BCUT2D eigenvalue weighted by Crippen LogP contribution is -2.46. The third kappa shape index (κ3) is 7.19. The molecular formula is C38H47ClN4O5. The third-order valence-electron chi connectivity index (χ3n) is 9.28. The Balaban J connectivity index is 1.55. The molecule has 2 aromatic heterocycles. The number of ether oxygens (including phenoxy) is 4. The van der Waals surface area contributed by atoms with E-state index in [0.29, 0.717) is 28.5 Å². The highest BCUT2D eigenvalue weighted by Crippen LogP contribution is 2.41. The molecule has 1 fully saturated rings. The number of hydrogen-bond acceptors (Lipinski definition) is 8. The van der Waals surface area contributed by atoms with Crippen LogP contribution in [0.4, 0.5) is 5.82 Å². The fourth-order valence-corrected chi connectivity index (χ4v) is 7.01.